The van der Waals surface area contributed by atoms with E-state index in [1.54, 1.807) is 6.20 Å². The predicted molar refractivity (Wildman–Crippen MR) is 145 cm³/mol. The number of nitrogens with one attached hydrogen (secondary N) is 1. The van der Waals surface area contributed by atoms with Crippen LogP contribution in [0.4, 0.5) is 17.4 Å². The van der Waals surface area contributed by atoms with E-state index in [2.05, 4.69) is 27.2 Å². The van der Waals surface area contributed by atoms with E-state index in [0.29, 0.717) is 34.5 Å². The number of pyridine rings is 1. The monoisotopic (exact) mass is 499 g/mol. The quantitative estimate of drug-likeness (QED) is 0.276. The van der Waals surface area contributed by atoms with Crippen molar-refractivity contribution >= 4 is 51.0 Å². The fraction of sp³-hybridized carbons (Fsp3) is 0.214. The number of likely N-dealkylation sites (tertiary alicyclic amines) is 1. The third kappa shape index (κ3) is 4.21. The maximum Gasteiger partial charge on any atom is 0.293 e. The van der Waals surface area contributed by atoms with Crippen molar-refractivity contribution in [3.05, 3.63) is 71.9 Å². The molecule has 3 N–H and O–H groups in total. The fourth-order valence-corrected chi connectivity index (χ4v) is 5.07. The van der Waals surface area contributed by atoms with Gasteiger partial charge < -0.3 is 25.1 Å². The first kappa shape index (κ1) is 22.6. The predicted octanol–water partition coefficient (Wildman–Crippen LogP) is 6.50. The van der Waals surface area contributed by atoms with Gasteiger partial charge in [-0.15, -0.1) is 0 Å². The van der Waals surface area contributed by atoms with Crippen molar-refractivity contribution < 1.29 is 9.15 Å². The summed E-state index contributed by atoms with van der Waals surface area (Å²) >= 11 is 6.55. The number of para-hydroxylation sites is 1. The molecule has 3 aromatic carbocycles. The van der Waals surface area contributed by atoms with Crippen LogP contribution in [0.2, 0.25) is 5.02 Å². The van der Waals surface area contributed by atoms with E-state index >= 15 is 0 Å². The molecule has 182 valence electrons. The molecule has 1 aliphatic rings. The van der Waals surface area contributed by atoms with Crippen molar-refractivity contribution in [1.82, 2.24) is 14.9 Å². The van der Waals surface area contributed by atoms with E-state index in [1.165, 1.54) is 6.42 Å². The summed E-state index contributed by atoms with van der Waals surface area (Å²) in [5.74, 6) is 0.642. The van der Waals surface area contributed by atoms with Crippen molar-refractivity contribution in [2.75, 3.05) is 31.2 Å². The largest absolute Gasteiger partial charge is 0.490 e. The van der Waals surface area contributed by atoms with Crippen molar-refractivity contribution in [3.63, 3.8) is 0 Å². The molecule has 7 nitrogen and oxygen atoms in total. The summed E-state index contributed by atoms with van der Waals surface area (Å²) in [5, 5.41) is 5.18. The number of halogens is 1. The number of rotatable bonds is 6. The zero-order valence-corrected chi connectivity index (χ0v) is 20.6. The minimum atomic E-state index is 0.118. The third-order valence-electron chi connectivity index (χ3n) is 6.82. The Kier molecular flexibility index (Phi) is 5.87. The number of fused-ring (bicyclic) bond motifs is 2. The van der Waals surface area contributed by atoms with Gasteiger partial charge in [0.15, 0.2) is 5.58 Å². The molecule has 0 radical (unpaired) electrons. The lowest BCUT2D eigenvalue weighted by Crippen LogP contribution is -2.30. The number of oxazole rings is 1. The standard InChI is InChI=1S/C28H26ClN5O2/c1-34-14-4-5-18(34)16-35-25-15-17(8-9-20(25)29)26-23(10-11-24-27(26)33-28(30)36-24)32-22-12-13-31-21-7-3-2-6-19(21)22/h2-3,6-13,15,18H,4-5,14,16H2,1H3,(H2,30,33)(H,31,32)/t18-/m0/s1. The molecule has 0 bridgehead atoms. The molecule has 1 fully saturated rings. The number of nitrogens with two attached hydrogens (primary N) is 1. The average Bonchev–Trinajstić information content (AvgIpc) is 3.48. The molecule has 1 aliphatic heterocycles. The molecule has 3 heterocycles. The Bertz CT molecular complexity index is 1560. The van der Waals surface area contributed by atoms with Gasteiger partial charge in [0.2, 0.25) is 0 Å². The molecule has 36 heavy (non-hydrogen) atoms. The Balaban J connectivity index is 1.43. The van der Waals surface area contributed by atoms with Gasteiger partial charge in [-0.3, -0.25) is 4.98 Å². The molecular weight excluding hydrogens is 474 g/mol. The smallest absolute Gasteiger partial charge is 0.293 e. The number of nitrogen functional groups attached to an aromatic ring is 1. The molecule has 1 saturated heterocycles. The van der Waals surface area contributed by atoms with E-state index in [4.69, 9.17) is 26.5 Å². The summed E-state index contributed by atoms with van der Waals surface area (Å²) in [5.41, 5.74) is 11.7. The maximum absolute atomic E-state index is 6.55. The Morgan fingerprint density at radius 3 is 2.89 bits per heavy atom. The van der Waals surface area contributed by atoms with Crippen LogP contribution < -0.4 is 15.8 Å². The first-order valence-electron chi connectivity index (χ1n) is 12.0. The molecule has 0 amide bonds. The minimum absolute atomic E-state index is 0.118. The van der Waals surface area contributed by atoms with Gasteiger partial charge in [-0.1, -0.05) is 35.9 Å². The van der Waals surface area contributed by atoms with Crippen molar-refractivity contribution in [2.45, 2.75) is 18.9 Å². The summed E-state index contributed by atoms with van der Waals surface area (Å²) < 4.78 is 11.9. The summed E-state index contributed by atoms with van der Waals surface area (Å²) in [6, 6.07) is 20.1. The highest BCUT2D eigenvalue weighted by Crippen LogP contribution is 2.41. The van der Waals surface area contributed by atoms with Crippen LogP contribution in [0.5, 0.6) is 5.75 Å². The van der Waals surface area contributed by atoms with Gasteiger partial charge in [0, 0.05) is 34.6 Å². The number of likely N-dealkylation sites (N-methyl/N-ethyl adjacent to an activating group) is 1. The Hall–Kier alpha value is -3.81. The van der Waals surface area contributed by atoms with Crippen LogP contribution in [-0.2, 0) is 0 Å². The van der Waals surface area contributed by atoms with Gasteiger partial charge in [0.25, 0.3) is 6.01 Å². The van der Waals surface area contributed by atoms with Crippen molar-refractivity contribution in [3.8, 4) is 16.9 Å². The van der Waals surface area contributed by atoms with Crippen LogP contribution in [0.3, 0.4) is 0 Å². The minimum Gasteiger partial charge on any atom is -0.490 e. The number of nitrogens with zero attached hydrogens (tertiary/aromatic N) is 3. The first-order valence-corrected chi connectivity index (χ1v) is 12.4. The number of hydrogen-bond donors (Lipinski definition) is 2. The number of hydrogen-bond acceptors (Lipinski definition) is 7. The topological polar surface area (TPSA) is 89.4 Å². The molecule has 1 atom stereocenters. The van der Waals surface area contributed by atoms with Crippen LogP contribution in [0.15, 0.2) is 71.3 Å². The second-order valence-electron chi connectivity index (χ2n) is 9.12. The van der Waals surface area contributed by atoms with Crippen LogP contribution >= 0.6 is 11.6 Å². The van der Waals surface area contributed by atoms with E-state index < -0.39 is 0 Å². The normalized spacial score (nSPS) is 16.1. The van der Waals surface area contributed by atoms with Gasteiger partial charge in [0.05, 0.1) is 10.5 Å². The van der Waals surface area contributed by atoms with E-state index in [1.807, 2.05) is 60.7 Å². The van der Waals surface area contributed by atoms with E-state index in [9.17, 15) is 0 Å². The maximum atomic E-state index is 6.55. The second kappa shape index (κ2) is 9.33. The SMILES string of the molecule is CN1CCC[C@H]1COc1cc(-c2c(Nc3ccnc4ccccc34)ccc3oc(N)nc23)ccc1Cl. The molecule has 0 spiro atoms. The first-order chi connectivity index (χ1) is 17.6. The lowest BCUT2D eigenvalue weighted by Gasteiger charge is -2.20. The molecule has 0 unspecified atom stereocenters. The number of benzene rings is 3. The Morgan fingerprint density at radius 2 is 2.03 bits per heavy atom. The average molecular weight is 500 g/mol. The zero-order chi connectivity index (χ0) is 24.6. The van der Waals surface area contributed by atoms with Gasteiger partial charge >= 0.3 is 0 Å². The van der Waals surface area contributed by atoms with Crippen molar-refractivity contribution in [2.24, 2.45) is 0 Å². The second-order valence-corrected chi connectivity index (χ2v) is 9.53. The highest BCUT2D eigenvalue weighted by atomic mass is 35.5. The highest BCUT2D eigenvalue weighted by molar-refractivity contribution is 6.32. The van der Waals surface area contributed by atoms with Gasteiger partial charge in [-0.05, 0) is 68.4 Å². The molecule has 6 rings (SSSR count). The molecule has 0 aliphatic carbocycles. The Morgan fingerprint density at radius 1 is 1.14 bits per heavy atom. The number of ether oxygens (including phenoxy) is 1. The van der Waals surface area contributed by atoms with Crippen molar-refractivity contribution in [1.29, 1.82) is 0 Å². The summed E-state index contributed by atoms with van der Waals surface area (Å²) in [6.45, 7) is 1.69. The van der Waals surface area contributed by atoms with Gasteiger partial charge in [0.1, 0.15) is 17.9 Å². The van der Waals surface area contributed by atoms with Crippen LogP contribution in [0.1, 0.15) is 12.8 Å². The lowest BCUT2D eigenvalue weighted by atomic mass is 10.0. The van der Waals surface area contributed by atoms with E-state index in [0.717, 1.165) is 46.4 Å². The third-order valence-corrected chi connectivity index (χ3v) is 7.13. The van der Waals surface area contributed by atoms with Crippen LogP contribution in [0, 0.1) is 0 Å². The fourth-order valence-electron chi connectivity index (χ4n) is 4.90. The molecule has 8 heteroatoms. The molecule has 0 saturated carbocycles. The van der Waals surface area contributed by atoms with Gasteiger partial charge in [-0.25, -0.2) is 0 Å². The lowest BCUT2D eigenvalue weighted by molar-refractivity contribution is 0.198. The van der Waals surface area contributed by atoms with Crippen LogP contribution in [0.25, 0.3) is 33.1 Å². The Labute approximate surface area is 213 Å². The van der Waals surface area contributed by atoms with E-state index in [-0.39, 0.29) is 6.01 Å². The summed E-state index contributed by atoms with van der Waals surface area (Å²) in [4.78, 5) is 11.3. The van der Waals surface area contributed by atoms with Crippen LogP contribution in [-0.4, -0.2) is 41.1 Å². The molecule has 5 aromatic rings. The van der Waals surface area contributed by atoms with Gasteiger partial charge in [-0.2, -0.15) is 4.98 Å². The highest BCUT2D eigenvalue weighted by Gasteiger charge is 2.22. The molecular formula is C28H26ClN5O2. The molecule has 2 aromatic heterocycles. The number of aromatic nitrogens is 2. The number of anilines is 3. The zero-order valence-electron chi connectivity index (χ0n) is 19.9. The summed E-state index contributed by atoms with van der Waals surface area (Å²) in [6.07, 6.45) is 4.11. The summed E-state index contributed by atoms with van der Waals surface area (Å²) in [7, 11) is 2.13.